The monoisotopic (exact) mass is 629 g/mol. The minimum atomic E-state index is -0.707. The number of Topliss-reactive ketones (excluding diaryl/α,β-unsaturated/α-hetero) is 1. The van der Waals surface area contributed by atoms with E-state index in [1.807, 2.05) is 58.9 Å². The number of carbonyl (C=O) groups is 5. The second kappa shape index (κ2) is 17.0. The van der Waals surface area contributed by atoms with Gasteiger partial charge in [-0.1, -0.05) is 74.4 Å². The molecule has 0 radical (unpaired) electrons. The van der Waals surface area contributed by atoms with Crippen molar-refractivity contribution in [2.45, 2.75) is 94.0 Å². The molecule has 10 heteroatoms. The second-order valence-electron chi connectivity index (χ2n) is 14.8. The molecule has 1 unspecified atom stereocenters. The lowest BCUT2D eigenvalue weighted by molar-refractivity contribution is -0.141. The van der Waals surface area contributed by atoms with Gasteiger partial charge in [-0.05, 0) is 40.9 Å². The molecule has 0 saturated carbocycles. The van der Waals surface area contributed by atoms with Crippen molar-refractivity contribution in [3.63, 3.8) is 0 Å². The van der Waals surface area contributed by atoms with Gasteiger partial charge in [0.15, 0.2) is 5.78 Å². The van der Waals surface area contributed by atoms with E-state index in [9.17, 15) is 24.0 Å². The Bertz CT molecular complexity index is 1170. The zero-order valence-electron chi connectivity index (χ0n) is 28.8. The number of anilines is 1. The van der Waals surface area contributed by atoms with Crippen LogP contribution in [0.4, 0.5) is 5.69 Å². The van der Waals surface area contributed by atoms with E-state index in [4.69, 9.17) is 9.47 Å². The van der Waals surface area contributed by atoms with Crippen molar-refractivity contribution in [1.82, 2.24) is 10.2 Å². The van der Waals surface area contributed by atoms with Crippen LogP contribution in [0.15, 0.2) is 24.3 Å². The van der Waals surface area contributed by atoms with Gasteiger partial charge in [-0.2, -0.15) is 0 Å². The number of carbonyl (C=O) groups excluding carboxylic acids is 5. The fourth-order valence-electron chi connectivity index (χ4n) is 5.21. The van der Waals surface area contributed by atoms with Crippen LogP contribution in [0.5, 0.6) is 0 Å². The van der Waals surface area contributed by atoms with E-state index in [-0.39, 0.29) is 104 Å². The predicted octanol–water partition coefficient (Wildman–Crippen LogP) is 4.79. The van der Waals surface area contributed by atoms with Gasteiger partial charge in [0, 0.05) is 30.9 Å². The molecule has 10 nitrogen and oxygen atoms in total. The molecule has 3 atom stereocenters. The van der Waals surface area contributed by atoms with Crippen molar-refractivity contribution < 1.29 is 33.4 Å². The highest BCUT2D eigenvalue weighted by Gasteiger charge is 2.44. The van der Waals surface area contributed by atoms with Gasteiger partial charge < -0.3 is 20.1 Å². The first kappa shape index (κ1) is 38.1. The molecule has 252 valence electrons. The van der Waals surface area contributed by atoms with E-state index in [1.54, 1.807) is 6.92 Å². The Hall–Kier alpha value is -3.11. The SMILES string of the molecule is CC(C)[C@H](NC(=O)CCOCCOCCN1C(=O)CC(C(C)(C)C)C1=O)C(=O)C[C@@H](C)C(=O)Nc1ccc(CC(C)(C)C)cc1. The van der Waals surface area contributed by atoms with E-state index in [0.29, 0.717) is 5.69 Å². The predicted molar refractivity (Wildman–Crippen MR) is 174 cm³/mol. The van der Waals surface area contributed by atoms with Crippen LogP contribution in [0.3, 0.4) is 0 Å². The number of ketones is 1. The molecule has 1 aliphatic rings. The lowest BCUT2D eigenvalue weighted by atomic mass is 9.80. The third kappa shape index (κ3) is 13.0. The second-order valence-corrected chi connectivity index (χ2v) is 14.8. The molecule has 4 amide bonds. The molecule has 2 rings (SSSR count). The number of nitrogens with zero attached hydrogens (tertiary/aromatic N) is 1. The van der Waals surface area contributed by atoms with Crippen molar-refractivity contribution >= 4 is 35.1 Å². The summed E-state index contributed by atoms with van der Waals surface area (Å²) in [5.74, 6) is -2.08. The van der Waals surface area contributed by atoms with Gasteiger partial charge in [-0.3, -0.25) is 28.9 Å². The van der Waals surface area contributed by atoms with Crippen molar-refractivity contribution in [1.29, 1.82) is 0 Å². The summed E-state index contributed by atoms with van der Waals surface area (Å²) >= 11 is 0. The molecule has 0 aromatic heterocycles. The summed E-state index contributed by atoms with van der Waals surface area (Å²) in [6.07, 6.45) is 1.25. The molecule has 1 heterocycles. The summed E-state index contributed by atoms with van der Waals surface area (Å²) in [6.45, 7) is 18.9. The van der Waals surface area contributed by atoms with Gasteiger partial charge in [0.2, 0.25) is 23.6 Å². The summed E-state index contributed by atoms with van der Waals surface area (Å²) in [5.41, 5.74) is 1.78. The number of benzene rings is 1. The Morgan fingerprint density at radius 3 is 2.04 bits per heavy atom. The minimum Gasteiger partial charge on any atom is -0.379 e. The first-order chi connectivity index (χ1) is 20.9. The molecule has 45 heavy (non-hydrogen) atoms. The van der Waals surface area contributed by atoms with E-state index in [2.05, 4.69) is 31.4 Å². The van der Waals surface area contributed by atoms with Crippen molar-refractivity contribution in [2.24, 2.45) is 28.6 Å². The van der Waals surface area contributed by atoms with Gasteiger partial charge >= 0.3 is 0 Å². The minimum absolute atomic E-state index is 0.0103. The van der Waals surface area contributed by atoms with Gasteiger partial charge in [0.05, 0.1) is 44.9 Å². The number of nitrogens with one attached hydrogen (secondary N) is 2. The van der Waals surface area contributed by atoms with Crippen LogP contribution >= 0.6 is 0 Å². The lowest BCUT2D eigenvalue weighted by Crippen LogP contribution is -2.45. The summed E-state index contributed by atoms with van der Waals surface area (Å²) in [6, 6.07) is 7.05. The maximum Gasteiger partial charge on any atom is 0.233 e. The van der Waals surface area contributed by atoms with Gasteiger partial charge in [-0.25, -0.2) is 0 Å². The number of rotatable bonds is 17. The van der Waals surface area contributed by atoms with Crippen LogP contribution in [0.2, 0.25) is 0 Å². The number of hydrogen-bond donors (Lipinski definition) is 2. The quantitative estimate of drug-likeness (QED) is 0.187. The zero-order chi connectivity index (χ0) is 33.9. The van der Waals surface area contributed by atoms with E-state index < -0.39 is 12.0 Å². The fraction of sp³-hybridized carbons (Fsp3) is 0.686. The van der Waals surface area contributed by atoms with E-state index in [1.165, 1.54) is 10.5 Å². The molecule has 0 bridgehead atoms. The van der Waals surface area contributed by atoms with Crippen molar-refractivity contribution in [3.8, 4) is 0 Å². The number of likely N-dealkylation sites (tertiary alicyclic amines) is 1. The molecule has 1 fully saturated rings. The molecule has 2 N–H and O–H groups in total. The Balaban J connectivity index is 1.67. The van der Waals surface area contributed by atoms with Crippen LogP contribution in [0, 0.1) is 28.6 Å². The summed E-state index contributed by atoms with van der Waals surface area (Å²) < 4.78 is 11.0. The average molecular weight is 630 g/mol. The zero-order valence-corrected chi connectivity index (χ0v) is 28.8. The topological polar surface area (TPSA) is 131 Å². The molecule has 1 aromatic carbocycles. The molecule has 1 aromatic rings. The highest BCUT2D eigenvalue weighted by Crippen LogP contribution is 2.35. The Morgan fingerprint density at radius 2 is 1.51 bits per heavy atom. The number of hydrogen-bond acceptors (Lipinski definition) is 7. The summed E-state index contributed by atoms with van der Waals surface area (Å²) in [4.78, 5) is 64.4. The maximum atomic E-state index is 13.1. The summed E-state index contributed by atoms with van der Waals surface area (Å²) in [7, 11) is 0. The van der Waals surface area contributed by atoms with Crippen molar-refractivity contribution in [2.75, 3.05) is 38.3 Å². The molecular weight excluding hydrogens is 574 g/mol. The number of ether oxygens (including phenoxy) is 2. The number of imide groups is 1. The number of amides is 4. The summed E-state index contributed by atoms with van der Waals surface area (Å²) in [5, 5.41) is 5.68. The van der Waals surface area contributed by atoms with Crippen LogP contribution in [0.1, 0.15) is 87.1 Å². The Morgan fingerprint density at radius 1 is 0.911 bits per heavy atom. The highest BCUT2D eigenvalue weighted by atomic mass is 16.5. The first-order valence-electron chi connectivity index (χ1n) is 16.1. The molecule has 1 aliphatic heterocycles. The van der Waals surface area contributed by atoms with Crippen molar-refractivity contribution in [3.05, 3.63) is 29.8 Å². The smallest absolute Gasteiger partial charge is 0.233 e. The first-order valence-corrected chi connectivity index (χ1v) is 16.1. The van der Waals surface area contributed by atoms with Crippen LogP contribution in [-0.2, 0) is 39.9 Å². The Labute approximate surface area is 269 Å². The fourth-order valence-corrected chi connectivity index (χ4v) is 5.21. The molecule has 0 spiro atoms. The average Bonchev–Trinajstić information content (AvgIpc) is 3.22. The highest BCUT2D eigenvalue weighted by molar-refractivity contribution is 6.04. The Kier molecular flexibility index (Phi) is 14.4. The molecule has 0 aliphatic carbocycles. The van der Waals surface area contributed by atoms with Gasteiger partial charge in [0.25, 0.3) is 0 Å². The lowest BCUT2D eigenvalue weighted by Gasteiger charge is -2.24. The van der Waals surface area contributed by atoms with Gasteiger partial charge in [0.1, 0.15) is 0 Å². The molecular formula is C35H55N3O7. The van der Waals surface area contributed by atoms with Crippen LogP contribution in [0.25, 0.3) is 0 Å². The van der Waals surface area contributed by atoms with Crippen LogP contribution < -0.4 is 10.6 Å². The van der Waals surface area contributed by atoms with Gasteiger partial charge in [-0.15, -0.1) is 0 Å². The van der Waals surface area contributed by atoms with E-state index >= 15 is 0 Å². The largest absolute Gasteiger partial charge is 0.379 e. The standard InChI is InChI=1S/C35H55N3O7/c1-23(2)31(28(39)20-24(3)32(42)36-26-12-10-25(11-13-26)22-34(4,5)6)37-29(40)14-16-44-18-19-45-17-15-38-30(41)21-27(33(38)43)35(7,8)9/h10-13,23-24,27,31H,14-22H2,1-9H3,(H,36,42)(H,37,40)/t24-,27?,31+/m1/s1. The third-order valence-electron chi connectivity index (χ3n) is 7.83. The van der Waals surface area contributed by atoms with E-state index in [0.717, 1.165) is 6.42 Å². The third-order valence-corrected chi connectivity index (χ3v) is 7.83. The maximum absolute atomic E-state index is 13.1. The van der Waals surface area contributed by atoms with Crippen LogP contribution in [-0.4, -0.2) is 73.3 Å². The normalized spacial score (nSPS) is 17.0. The molecule has 1 saturated heterocycles.